The molecule has 0 saturated heterocycles. The van der Waals surface area contributed by atoms with Crippen LogP contribution in [0.3, 0.4) is 0 Å². The Balaban J connectivity index is 2.46. The van der Waals surface area contributed by atoms with E-state index in [0.717, 1.165) is 16.8 Å². The quantitative estimate of drug-likeness (QED) is 0.843. The predicted octanol–water partition coefficient (Wildman–Crippen LogP) is 3.53. The fraction of sp³-hybridized carbons (Fsp3) is 0.167. The smallest absolute Gasteiger partial charge is 0.150 e. The van der Waals surface area contributed by atoms with Crippen LogP contribution in [-0.2, 0) is 0 Å². The van der Waals surface area contributed by atoms with Gasteiger partial charge in [-0.1, -0.05) is 36.0 Å². The second-order valence-corrected chi connectivity index (χ2v) is 4.67. The number of hydrogen-bond donors (Lipinski definition) is 1. The van der Waals surface area contributed by atoms with Crippen molar-refractivity contribution in [1.82, 2.24) is 10.2 Å². The average Bonchev–Trinajstić information content (AvgIpc) is 2.32. The number of rotatable bonds is 2. The average molecular weight is 266 g/mol. The van der Waals surface area contributed by atoms with Crippen LogP contribution in [0.4, 0.5) is 5.69 Å². The summed E-state index contributed by atoms with van der Waals surface area (Å²) in [7, 11) is 4.01. The molecule has 17 heavy (non-hydrogen) atoms. The van der Waals surface area contributed by atoms with Crippen molar-refractivity contribution in [2.45, 2.75) is 0 Å². The Labute approximate surface area is 110 Å². The molecule has 0 saturated carbocycles. The van der Waals surface area contributed by atoms with Crippen molar-refractivity contribution in [1.29, 1.82) is 0 Å². The molecule has 0 spiro atoms. The van der Waals surface area contributed by atoms with Crippen molar-refractivity contribution in [3.8, 4) is 11.1 Å². The number of H-pyrrole nitrogens is 1. The Morgan fingerprint density at radius 3 is 2.47 bits per heavy atom. The van der Waals surface area contributed by atoms with Gasteiger partial charge in [0.1, 0.15) is 9.79 Å². The summed E-state index contributed by atoms with van der Waals surface area (Å²) in [6, 6.07) is 9.89. The molecule has 5 heteroatoms. The lowest BCUT2D eigenvalue weighted by Crippen LogP contribution is -2.07. The monoisotopic (exact) mass is 265 g/mol. The van der Waals surface area contributed by atoms with E-state index >= 15 is 0 Å². The lowest BCUT2D eigenvalue weighted by atomic mass is 10.1. The fourth-order valence-corrected chi connectivity index (χ4v) is 1.91. The number of anilines is 1. The molecule has 0 aliphatic heterocycles. The lowest BCUT2D eigenvalue weighted by molar-refractivity contribution is 1.02. The van der Waals surface area contributed by atoms with Gasteiger partial charge in [0.15, 0.2) is 0 Å². The molecule has 0 aliphatic carbocycles. The Morgan fingerprint density at radius 1 is 1.24 bits per heavy atom. The molecule has 0 aliphatic rings. The molecule has 0 unspecified atom stereocenters. The maximum absolute atomic E-state index is 5.85. The molecule has 0 atom stereocenters. The fourth-order valence-electron chi connectivity index (χ4n) is 1.53. The molecule has 2 rings (SSSR count). The van der Waals surface area contributed by atoms with Gasteiger partial charge in [-0.05, 0) is 23.8 Å². The molecular formula is C12H12ClN3S. The van der Waals surface area contributed by atoms with Crippen LogP contribution in [0.15, 0.2) is 30.3 Å². The summed E-state index contributed by atoms with van der Waals surface area (Å²) in [6.07, 6.45) is 0. The van der Waals surface area contributed by atoms with Gasteiger partial charge in [-0.25, -0.2) is 0 Å². The van der Waals surface area contributed by atoms with Crippen molar-refractivity contribution < 1.29 is 0 Å². The molecule has 1 aromatic carbocycles. The summed E-state index contributed by atoms with van der Waals surface area (Å²) in [5.41, 5.74) is 3.07. The number of hydrogen-bond acceptors (Lipinski definition) is 3. The number of aromatic amines is 1. The zero-order valence-corrected chi connectivity index (χ0v) is 11.1. The molecule has 1 heterocycles. The lowest BCUT2D eigenvalue weighted by Gasteiger charge is -2.12. The van der Waals surface area contributed by atoms with Crippen LogP contribution in [0.2, 0.25) is 5.15 Å². The van der Waals surface area contributed by atoms with Crippen molar-refractivity contribution in [3.63, 3.8) is 0 Å². The van der Waals surface area contributed by atoms with Crippen molar-refractivity contribution in [3.05, 3.63) is 40.1 Å². The molecular weight excluding hydrogens is 254 g/mol. The summed E-state index contributed by atoms with van der Waals surface area (Å²) in [4.78, 5) is 2.05. The van der Waals surface area contributed by atoms with Gasteiger partial charge in [0.25, 0.3) is 0 Å². The highest BCUT2D eigenvalue weighted by Gasteiger charge is 2.03. The predicted molar refractivity (Wildman–Crippen MR) is 74.2 cm³/mol. The van der Waals surface area contributed by atoms with Gasteiger partial charge in [0.2, 0.25) is 0 Å². The summed E-state index contributed by atoms with van der Waals surface area (Å²) in [5.74, 6) is 0. The van der Waals surface area contributed by atoms with Gasteiger partial charge in [-0.3, -0.25) is 5.10 Å². The highest BCUT2D eigenvalue weighted by Crippen LogP contribution is 2.24. The van der Waals surface area contributed by atoms with Crippen molar-refractivity contribution in [2.75, 3.05) is 19.0 Å². The number of halogens is 1. The molecule has 88 valence electrons. The molecule has 1 aromatic heterocycles. The Kier molecular flexibility index (Phi) is 3.45. The topological polar surface area (TPSA) is 31.9 Å². The molecule has 1 N–H and O–H groups in total. The molecule has 0 radical (unpaired) electrons. The molecule has 3 nitrogen and oxygen atoms in total. The number of aromatic nitrogens is 2. The second kappa shape index (κ2) is 4.85. The van der Waals surface area contributed by atoms with Gasteiger partial charge in [0.05, 0.1) is 0 Å². The minimum Gasteiger partial charge on any atom is -0.378 e. The van der Waals surface area contributed by atoms with Gasteiger partial charge < -0.3 is 4.90 Å². The largest absolute Gasteiger partial charge is 0.378 e. The van der Waals surface area contributed by atoms with Gasteiger partial charge in [-0.2, -0.15) is 5.10 Å². The first-order valence-corrected chi connectivity index (χ1v) is 5.89. The second-order valence-electron chi connectivity index (χ2n) is 3.87. The number of nitrogens with one attached hydrogen (secondary N) is 1. The van der Waals surface area contributed by atoms with Gasteiger partial charge in [0, 0.05) is 25.3 Å². The van der Waals surface area contributed by atoms with Gasteiger partial charge >= 0.3 is 0 Å². The van der Waals surface area contributed by atoms with Crippen LogP contribution in [0.1, 0.15) is 0 Å². The summed E-state index contributed by atoms with van der Waals surface area (Å²) in [5, 5.41) is 6.97. The summed E-state index contributed by atoms with van der Waals surface area (Å²) >= 11 is 11.0. The third-order valence-corrected chi connectivity index (χ3v) is 2.97. The highest BCUT2D eigenvalue weighted by molar-refractivity contribution is 7.71. The standard InChI is InChI=1S/C12H12ClN3S/c1-16(2)9-5-3-8(4-6-9)10-7-11(13)14-15-12(10)17/h3-7H,1-2H3,(H,15,17). The van der Waals surface area contributed by atoms with Crippen LogP contribution in [-0.4, -0.2) is 24.3 Å². The first-order valence-electron chi connectivity index (χ1n) is 5.11. The Hall–Kier alpha value is -1.39. The van der Waals surface area contributed by atoms with E-state index in [1.165, 1.54) is 0 Å². The number of benzene rings is 1. The zero-order chi connectivity index (χ0) is 12.4. The van der Waals surface area contributed by atoms with E-state index in [0.29, 0.717) is 9.79 Å². The number of nitrogens with zero attached hydrogens (tertiary/aromatic N) is 2. The molecule has 0 bridgehead atoms. The van der Waals surface area contributed by atoms with Crippen LogP contribution < -0.4 is 4.90 Å². The zero-order valence-electron chi connectivity index (χ0n) is 9.57. The van der Waals surface area contributed by atoms with Crippen LogP contribution in [0, 0.1) is 4.64 Å². The van der Waals surface area contributed by atoms with Crippen molar-refractivity contribution >= 4 is 29.5 Å². The Morgan fingerprint density at radius 2 is 1.88 bits per heavy atom. The highest BCUT2D eigenvalue weighted by atomic mass is 35.5. The van der Waals surface area contributed by atoms with E-state index in [1.54, 1.807) is 6.07 Å². The van der Waals surface area contributed by atoms with E-state index in [1.807, 2.05) is 43.3 Å². The third kappa shape index (κ3) is 2.65. The maximum Gasteiger partial charge on any atom is 0.150 e. The summed E-state index contributed by atoms with van der Waals surface area (Å²) in [6.45, 7) is 0. The van der Waals surface area contributed by atoms with E-state index in [9.17, 15) is 0 Å². The van der Waals surface area contributed by atoms with Crippen molar-refractivity contribution in [2.24, 2.45) is 0 Å². The van der Waals surface area contributed by atoms with E-state index in [-0.39, 0.29) is 0 Å². The van der Waals surface area contributed by atoms with Crippen LogP contribution in [0.5, 0.6) is 0 Å². The van der Waals surface area contributed by atoms with E-state index in [2.05, 4.69) is 10.2 Å². The first kappa shape index (κ1) is 12.1. The van der Waals surface area contributed by atoms with Crippen LogP contribution in [0.25, 0.3) is 11.1 Å². The minimum atomic E-state index is 0.408. The van der Waals surface area contributed by atoms with Gasteiger partial charge in [-0.15, -0.1) is 0 Å². The molecule has 0 fully saturated rings. The summed E-state index contributed by atoms with van der Waals surface area (Å²) < 4.78 is 0.590. The van der Waals surface area contributed by atoms with Crippen LogP contribution >= 0.6 is 23.8 Å². The van der Waals surface area contributed by atoms with E-state index in [4.69, 9.17) is 23.8 Å². The van der Waals surface area contributed by atoms with E-state index < -0.39 is 0 Å². The minimum absolute atomic E-state index is 0.408. The Bertz CT molecular complexity index is 575. The third-order valence-electron chi connectivity index (χ3n) is 2.47. The SMILES string of the molecule is CN(C)c1ccc(-c2cc(Cl)n[nH]c2=S)cc1. The molecule has 0 amide bonds. The normalized spacial score (nSPS) is 10.3. The molecule has 2 aromatic rings. The first-order chi connectivity index (χ1) is 8.08. The maximum atomic E-state index is 5.85.